The Morgan fingerprint density at radius 2 is 2.06 bits per heavy atom. The minimum atomic E-state index is -0.250. The van der Waals surface area contributed by atoms with Crippen LogP contribution in [0.25, 0.3) is 0 Å². The van der Waals surface area contributed by atoms with Crippen LogP contribution in [0.15, 0.2) is 12.2 Å². The first-order valence-corrected chi connectivity index (χ1v) is 5.65. The lowest BCUT2D eigenvalue weighted by molar-refractivity contribution is -0.148. The SMILES string of the molecule is CC.CCOC(=O)[C@@H]1CC=CCC1.O=CO. The van der Waals surface area contributed by atoms with E-state index in [4.69, 9.17) is 14.6 Å². The quantitative estimate of drug-likeness (QED) is 0.450. The molecule has 0 spiro atoms. The normalized spacial score (nSPS) is 17.1. The summed E-state index contributed by atoms with van der Waals surface area (Å²) in [5.74, 6) is 0.0943. The largest absolute Gasteiger partial charge is 0.483 e. The van der Waals surface area contributed by atoms with Crippen LogP contribution in [0.3, 0.4) is 0 Å². The molecule has 0 bridgehead atoms. The monoisotopic (exact) mass is 230 g/mol. The number of esters is 1. The minimum Gasteiger partial charge on any atom is -0.483 e. The van der Waals surface area contributed by atoms with E-state index in [-0.39, 0.29) is 18.4 Å². The van der Waals surface area contributed by atoms with E-state index < -0.39 is 0 Å². The summed E-state index contributed by atoms with van der Waals surface area (Å²) in [5.41, 5.74) is 0. The van der Waals surface area contributed by atoms with E-state index >= 15 is 0 Å². The van der Waals surface area contributed by atoms with Crippen LogP contribution in [-0.2, 0) is 14.3 Å². The van der Waals surface area contributed by atoms with E-state index in [2.05, 4.69) is 12.2 Å². The molecule has 0 aromatic heterocycles. The molecule has 0 amide bonds. The standard InChI is InChI=1S/C9H14O2.C2H6.CH2O2/c1-2-11-9(10)8-6-4-3-5-7-8;1-2;2-1-3/h3-4,8H,2,5-7H2,1H3;1-2H3;1H,(H,2,3)/t8-;;/m1../s1. The van der Waals surface area contributed by atoms with Crippen molar-refractivity contribution >= 4 is 12.4 Å². The molecule has 1 N–H and O–H groups in total. The van der Waals surface area contributed by atoms with Crippen molar-refractivity contribution in [2.24, 2.45) is 5.92 Å². The lowest BCUT2D eigenvalue weighted by Crippen LogP contribution is -2.18. The first-order chi connectivity index (χ1) is 7.76. The summed E-state index contributed by atoms with van der Waals surface area (Å²) >= 11 is 0. The molecule has 0 fully saturated rings. The highest BCUT2D eigenvalue weighted by Gasteiger charge is 2.18. The van der Waals surface area contributed by atoms with E-state index in [1.165, 1.54) is 0 Å². The van der Waals surface area contributed by atoms with E-state index in [0.717, 1.165) is 19.3 Å². The Labute approximate surface area is 97.3 Å². The van der Waals surface area contributed by atoms with Gasteiger partial charge in [-0.05, 0) is 26.2 Å². The van der Waals surface area contributed by atoms with Crippen LogP contribution in [0.5, 0.6) is 0 Å². The van der Waals surface area contributed by atoms with E-state index in [0.29, 0.717) is 6.61 Å². The molecule has 0 heterocycles. The summed E-state index contributed by atoms with van der Waals surface area (Å²) in [7, 11) is 0. The third-order valence-electron chi connectivity index (χ3n) is 1.89. The zero-order valence-electron chi connectivity index (χ0n) is 10.3. The summed E-state index contributed by atoms with van der Waals surface area (Å²) in [5, 5.41) is 6.89. The smallest absolute Gasteiger partial charge is 0.309 e. The molecule has 0 saturated carbocycles. The Morgan fingerprint density at radius 1 is 1.50 bits per heavy atom. The van der Waals surface area contributed by atoms with Gasteiger partial charge in [0.2, 0.25) is 0 Å². The zero-order valence-corrected chi connectivity index (χ0v) is 10.3. The Balaban J connectivity index is 0. The fourth-order valence-electron chi connectivity index (χ4n) is 1.27. The van der Waals surface area contributed by atoms with Crippen LogP contribution in [0.2, 0.25) is 0 Å². The number of hydrogen-bond donors (Lipinski definition) is 1. The molecule has 1 rings (SSSR count). The van der Waals surface area contributed by atoms with Crippen LogP contribution in [0.1, 0.15) is 40.0 Å². The highest BCUT2D eigenvalue weighted by atomic mass is 16.5. The van der Waals surface area contributed by atoms with Gasteiger partial charge in [0.1, 0.15) is 0 Å². The number of rotatable bonds is 2. The number of allylic oxidation sites excluding steroid dienone is 2. The number of ether oxygens (including phenoxy) is 1. The lowest BCUT2D eigenvalue weighted by Gasteiger charge is -2.15. The van der Waals surface area contributed by atoms with E-state index in [1.807, 2.05) is 20.8 Å². The molecule has 1 atom stereocenters. The minimum absolute atomic E-state index is 0.0307. The van der Waals surface area contributed by atoms with E-state index in [1.54, 1.807) is 0 Å². The topological polar surface area (TPSA) is 63.6 Å². The number of carbonyl (C=O) groups is 2. The molecule has 4 nitrogen and oxygen atoms in total. The van der Waals surface area contributed by atoms with Crippen molar-refractivity contribution in [1.29, 1.82) is 0 Å². The second-order valence-electron chi connectivity index (χ2n) is 2.84. The Kier molecular flexibility index (Phi) is 14.6. The predicted molar refractivity (Wildman–Crippen MR) is 63.2 cm³/mol. The van der Waals surface area contributed by atoms with E-state index in [9.17, 15) is 4.79 Å². The van der Waals surface area contributed by atoms with Crippen molar-refractivity contribution in [3.8, 4) is 0 Å². The molecular weight excluding hydrogens is 208 g/mol. The fourth-order valence-corrected chi connectivity index (χ4v) is 1.27. The Morgan fingerprint density at radius 3 is 2.44 bits per heavy atom. The van der Waals surface area contributed by atoms with Gasteiger partial charge in [0, 0.05) is 0 Å². The Hall–Kier alpha value is -1.32. The van der Waals surface area contributed by atoms with Crippen molar-refractivity contribution in [2.75, 3.05) is 6.61 Å². The summed E-state index contributed by atoms with van der Waals surface area (Å²) < 4.78 is 4.91. The maximum absolute atomic E-state index is 11.1. The molecule has 1 aliphatic carbocycles. The molecule has 4 heteroatoms. The maximum Gasteiger partial charge on any atom is 0.309 e. The average molecular weight is 230 g/mol. The van der Waals surface area contributed by atoms with Gasteiger partial charge < -0.3 is 9.84 Å². The highest BCUT2D eigenvalue weighted by molar-refractivity contribution is 5.72. The summed E-state index contributed by atoms with van der Waals surface area (Å²) in [6.07, 6.45) is 7.01. The van der Waals surface area contributed by atoms with Gasteiger partial charge in [-0.25, -0.2) is 0 Å². The highest BCUT2D eigenvalue weighted by Crippen LogP contribution is 2.19. The van der Waals surface area contributed by atoms with Crippen LogP contribution < -0.4 is 0 Å². The van der Waals surface area contributed by atoms with Gasteiger partial charge in [0.05, 0.1) is 12.5 Å². The number of hydrogen-bond acceptors (Lipinski definition) is 3. The average Bonchev–Trinajstić information content (AvgIpc) is 2.34. The second-order valence-corrected chi connectivity index (χ2v) is 2.84. The summed E-state index contributed by atoms with van der Waals surface area (Å²) in [6, 6.07) is 0. The third kappa shape index (κ3) is 9.24. The second kappa shape index (κ2) is 13.7. The molecule has 16 heavy (non-hydrogen) atoms. The van der Waals surface area contributed by atoms with Crippen molar-refractivity contribution in [3.63, 3.8) is 0 Å². The van der Waals surface area contributed by atoms with Gasteiger partial charge in [0.25, 0.3) is 6.47 Å². The van der Waals surface area contributed by atoms with Gasteiger partial charge in [-0.3, -0.25) is 9.59 Å². The molecule has 94 valence electrons. The fraction of sp³-hybridized carbons (Fsp3) is 0.667. The van der Waals surface area contributed by atoms with Crippen molar-refractivity contribution in [2.45, 2.75) is 40.0 Å². The van der Waals surface area contributed by atoms with Gasteiger partial charge in [0.15, 0.2) is 0 Å². The first kappa shape index (κ1) is 17.1. The van der Waals surface area contributed by atoms with Crippen LogP contribution in [0, 0.1) is 5.92 Å². The zero-order chi connectivity index (χ0) is 12.8. The lowest BCUT2D eigenvalue weighted by atomic mass is 9.95. The molecule has 0 radical (unpaired) electrons. The van der Waals surface area contributed by atoms with Gasteiger partial charge >= 0.3 is 5.97 Å². The molecule has 0 aliphatic heterocycles. The summed E-state index contributed by atoms with van der Waals surface area (Å²) in [6.45, 7) is 6.09. The van der Waals surface area contributed by atoms with Crippen molar-refractivity contribution in [3.05, 3.63) is 12.2 Å². The molecule has 0 unspecified atom stereocenters. The Bertz CT molecular complexity index is 199. The molecule has 0 aromatic rings. The van der Waals surface area contributed by atoms with Crippen LogP contribution in [-0.4, -0.2) is 24.2 Å². The van der Waals surface area contributed by atoms with Gasteiger partial charge in [-0.15, -0.1) is 0 Å². The van der Waals surface area contributed by atoms with Crippen LogP contribution in [0.4, 0.5) is 0 Å². The third-order valence-corrected chi connectivity index (χ3v) is 1.89. The predicted octanol–water partition coefficient (Wildman–Crippen LogP) is 2.63. The molecular formula is C12H22O4. The van der Waals surface area contributed by atoms with Gasteiger partial charge in [-0.2, -0.15) is 0 Å². The maximum atomic E-state index is 11.1. The number of carbonyl (C=O) groups excluding carboxylic acids is 1. The number of carboxylic acid groups (broad SMARTS) is 1. The molecule has 0 saturated heterocycles. The molecule has 1 aliphatic rings. The van der Waals surface area contributed by atoms with Gasteiger partial charge in [-0.1, -0.05) is 26.0 Å². The van der Waals surface area contributed by atoms with Crippen LogP contribution >= 0.6 is 0 Å². The summed E-state index contributed by atoms with van der Waals surface area (Å²) in [4.78, 5) is 19.5. The molecule has 0 aromatic carbocycles. The van der Waals surface area contributed by atoms with Crippen molar-refractivity contribution < 1.29 is 19.4 Å². The van der Waals surface area contributed by atoms with Crippen molar-refractivity contribution in [1.82, 2.24) is 0 Å². The first-order valence-electron chi connectivity index (χ1n) is 5.65.